The van der Waals surface area contributed by atoms with E-state index in [1.165, 1.54) is 43.2 Å². The van der Waals surface area contributed by atoms with E-state index in [4.69, 9.17) is 5.11 Å². The molecule has 0 aliphatic carbocycles. The average Bonchev–Trinajstić information content (AvgIpc) is 2.35. The van der Waals surface area contributed by atoms with Crippen LogP contribution in [-0.4, -0.2) is 11.7 Å². The monoisotopic (exact) mass is 232 g/mol. The minimum Gasteiger partial charge on any atom is -0.396 e. The van der Waals surface area contributed by atoms with E-state index in [1.54, 1.807) is 0 Å². The molecular formula is C16H24O. The molecule has 0 heterocycles. The van der Waals surface area contributed by atoms with Crippen LogP contribution in [-0.2, 0) is 6.42 Å². The summed E-state index contributed by atoms with van der Waals surface area (Å²) in [7, 11) is 0. The molecule has 1 nitrogen and oxygen atoms in total. The van der Waals surface area contributed by atoms with Gasteiger partial charge in [-0.2, -0.15) is 0 Å². The number of allylic oxidation sites excluding steroid dienone is 1. The summed E-state index contributed by atoms with van der Waals surface area (Å²) in [6, 6.07) is 8.39. The SMILES string of the molecule is CCCCCCC=Cc1cccc(CCO)c1. The fourth-order valence-corrected chi connectivity index (χ4v) is 1.89. The first-order valence-corrected chi connectivity index (χ1v) is 6.73. The Bertz CT molecular complexity index is 328. The summed E-state index contributed by atoms with van der Waals surface area (Å²) in [6.07, 6.45) is 11.6. The van der Waals surface area contributed by atoms with Gasteiger partial charge in [0.05, 0.1) is 0 Å². The summed E-state index contributed by atoms with van der Waals surface area (Å²) in [5, 5.41) is 8.89. The molecule has 0 aliphatic rings. The molecule has 0 fully saturated rings. The highest BCUT2D eigenvalue weighted by molar-refractivity contribution is 5.50. The summed E-state index contributed by atoms with van der Waals surface area (Å²) in [5.74, 6) is 0. The van der Waals surface area contributed by atoms with E-state index in [1.807, 2.05) is 0 Å². The quantitative estimate of drug-likeness (QED) is 0.666. The Hall–Kier alpha value is -1.08. The molecule has 1 N–H and O–H groups in total. The molecule has 0 saturated carbocycles. The third-order valence-corrected chi connectivity index (χ3v) is 2.89. The second-order valence-electron chi connectivity index (χ2n) is 4.47. The van der Waals surface area contributed by atoms with Gasteiger partial charge in [0.1, 0.15) is 0 Å². The summed E-state index contributed by atoms with van der Waals surface area (Å²) in [5.41, 5.74) is 2.45. The molecule has 0 amide bonds. The van der Waals surface area contributed by atoms with Crippen LogP contribution in [0.5, 0.6) is 0 Å². The van der Waals surface area contributed by atoms with Crippen molar-refractivity contribution >= 4 is 6.08 Å². The topological polar surface area (TPSA) is 20.2 Å². The van der Waals surface area contributed by atoms with E-state index < -0.39 is 0 Å². The lowest BCUT2D eigenvalue weighted by molar-refractivity contribution is 0.299. The first-order valence-electron chi connectivity index (χ1n) is 6.73. The molecule has 0 aliphatic heterocycles. The molecule has 94 valence electrons. The second-order valence-corrected chi connectivity index (χ2v) is 4.47. The molecule has 1 heteroatoms. The van der Waals surface area contributed by atoms with Gasteiger partial charge in [-0.15, -0.1) is 0 Å². The lowest BCUT2D eigenvalue weighted by Crippen LogP contribution is -1.90. The third kappa shape index (κ3) is 6.28. The largest absolute Gasteiger partial charge is 0.396 e. The minimum atomic E-state index is 0.226. The standard InChI is InChI=1S/C16H24O/c1-2-3-4-5-6-7-9-15-10-8-11-16(14-15)12-13-17/h7-11,14,17H,2-6,12-13H2,1H3. The number of aliphatic hydroxyl groups is 1. The number of benzene rings is 1. The molecule has 17 heavy (non-hydrogen) atoms. The van der Waals surface area contributed by atoms with Crippen LogP contribution in [0.4, 0.5) is 0 Å². The van der Waals surface area contributed by atoms with Crippen molar-refractivity contribution in [3.63, 3.8) is 0 Å². The fourth-order valence-electron chi connectivity index (χ4n) is 1.89. The molecule has 0 spiro atoms. The zero-order valence-corrected chi connectivity index (χ0v) is 10.9. The van der Waals surface area contributed by atoms with Crippen molar-refractivity contribution in [2.45, 2.75) is 45.4 Å². The van der Waals surface area contributed by atoms with Crippen molar-refractivity contribution < 1.29 is 5.11 Å². The predicted molar refractivity (Wildman–Crippen MR) is 75.0 cm³/mol. The Morgan fingerprint density at radius 1 is 1.18 bits per heavy atom. The van der Waals surface area contributed by atoms with E-state index in [9.17, 15) is 0 Å². The van der Waals surface area contributed by atoms with Crippen LogP contribution in [0.1, 0.15) is 50.2 Å². The number of unbranched alkanes of at least 4 members (excludes halogenated alkanes) is 4. The summed E-state index contributed by atoms with van der Waals surface area (Å²) >= 11 is 0. The van der Waals surface area contributed by atoms with E-state index in [0.717, 1.165) is 6.42 Å². The maximum atomic E-state index is 8.89. The van der Waals surface area contributed by atoms with Crippen molar-refractivity contribution in [1.82, 2.24) is 0 Å². The Morgan fingerprint density at radius 3 is 2.82 bits per heavy atom. The molecule has 0 atom stereocenters. The minimum absolute atomic E-state index is 0.226. The number of rotatable bonds is 8. The Morgan fingerprint density at radius 2 is 2.06 bits per heavy atom. The molecule has 1 aromatic carbocycles. The highest BCUT2D eigenvalue weighted by Gasteiger charge is 1.92. The zero-order chi connectivity index (χ0) is 12.3. The van der Waals surface area contributed by atoms with Crippen molar-refractivity contribution in [3.8, 4) is 0 Å². The van der Waals surface area contributed by atoms with Gasteiger partial charge in [-0.1, -0.05) is 62.6 Å². The smallest absolute Gasteiger partial charge is 0.0471 e. The van der Waals surface area contributed by atoms with Crippen LogP contribution in [0, 0.1) is 0 Å². The molecule has 0 aromatic heterocycles. The Kier molecular flexibility index (Phi) is 7.40. The molecule has 0 radical (unpaired) electrons. The summed E-state index contributed by atoms with van der Waals surface area (Å²) < 4.78 is 0. The number of aliphatic hydroxyl groups excluding tert-OH is 1. The van der Waals surface area contributed by atoms with Gasteiger partial charge >= 0.3 is 0 Å². The van der Waals surface area contributed by atoms with E-state index >= 15 is 0 Å². The average molecular weight is 232 g/mol. The van der Waals surface area contributed by atoms with E-state index in [2.05, 4.69) is 43.3 Å². The van der Waals surface area contributed by atoms with Crippen molar-refractivity contribution in [2.75, 3.05) is 6.61 Å². The lowest BCUT2D eigenvalue weighted by Gasteiger charge is -2.00. The van der Waals surface area contributed by atoms with Gasteiger partial charge in [0, 0.05) is 6.61 Å². The molecular weight excluding hydrogens is 208 g/mol. The molecule has 1 aromatic rings. The van der Waals surface area contributed by atoms with Crippen molar-refractivity contribution in [3.05, 3.63) is 41.5 Å². The van der Waals surface area contributed by atoms with Gasteiger partial charge < -0.3 is 5.11 Å². The van der Waals surface area contributed by atoms with Gasteiger partial charge in [-0.3, -0.25) is 0 Å². The lowest BCUT2D eigenvalue weighted by atomic mass is 10.1. The second kappa shape index (κ2) is 9.00. The van der Waals surface area contributed by atoms with Gasteiger partial charge in [0.25, 0.3) is 0 Å². The number of hydrogen-bond donors (Lipinski definition) is 1. The van der Waals surface area contributed by atoms with Gasteiger partial charge in [-0.05, 0) is 30.4 Å². The summed E-state index contributed by atoms with van der Waals surface area (Å²) in [6.45, 7) is 2.46. The Labute approximate surface area is 105 Å². The maximum absolute atomic E-state index is 8.89. The van der Waals surface area contributed by atoms with Gasteiger partial charge in [0.15, 0.2) is 0 Å². The highest BCUT2D eigenvalue weighted by Crippen LogP contribution is 2.09. The van der Waals surface area contributed by atoms with Crippen molar-refractivity contribution in [1.29, 1.82) is 0 Å². The maximum Gasteiger partial charge on any atom is 0.0471 e. The Balaban J connectivity index is 2.34. The first kappa shape index (κ1) is 14.0. The van der Waals surface area contributed by atoms with Crippen LogP contribution >= 0.6 is 0 Å². The molecule has 0 saturated heterocycles. The normalized spacial score (nSPS) is 11.2. The van der Waals surface area contributed by atoms with Crippen molar-refractivity contribution in [2.24, 2.45) is 0 Å². The van der Waals surface area contributed by atoms with E-state index in [-0.39, 0.29) is 6.61 Å². The molecule has 0 bridgehead atoms. The van der Waals surface area contributed by atoms with Crippen LogP contribution in [0.25, 0.3) is 6.08 Å². The van der Waals surface area contributed by atoms with Gasteiger partial charge in [-0.25, -0.2) is 0 Å². The molecule has 0 unspecified atom stereocenters. The third-order valence-electron chi connectivity index (χ3n) is 2.89. The van der Waals surface area contributed by atoms with Gasteiger partial charge in [0.2, 0.25) is 0 Å². The molecule has 1 rings (SSSR count). The first-order chi connectivity index (χ1) is 8.36. The van der Waals surface area contributed by atoms with E-state index in [0.29, 0.717) is 0 Å². The number of hydrogen-bond acceptors (Lipinski definition) is 1. The fraction of sp³-hybridized carbons (Fsp3) is 0.500. The van der Waals surface area contributed by atoms with Crippen LogP contribution in [0.3, 0.4) is 0 Å². The zero-order valence-electron chi connectivity index (χ0n) is 10.9. The van der Waals surface area contributed by atoms with Crippen LogP contribution in [0.2, 0.25) is 0 Å². The van der Waals surface area contributed by atoms with Crippen LogP contribution < -0.4 is 0 Å². The van der Waals surface area contributed by atoms with Crippen LogP contribution in [0.15, 0.2) is 30.3 Å². The predicted octanol–water partition coefficient (Wildman–Crippen LogP) is 4.21. The summed E-state index contributed by atoms with van der Waals surface area (Å²) in [4.78, 5) is 0. The highest BCUT2D eigenvalue weighted by atomic mass is 16.2.